The van der Waals surface area contributed by atoms with Crippen LogP contribution in [0.1, 0.15) is 44.7 Å². The highest BCUT2D eigenvalue weighted by Gasteiger charge is 2.29. The third-order valence-corrected chi connectivity index (χ3v) is 4.95. The van der Waals surface area contributed by atoms with Gasteiger partial charge in [0.1, 0.15) is 17.7 Å². The van der Waals surface area contributed by atoms with Crippen LogP contribution in [0.25, 0.3) is 0 Å². The molecule has 29 heavy (non-hydrogen) atoms. The molecule has 0 radical (unpaired) electrons. The summed E-state index contributed by atoms with van der Waals surface area (Å²) >= 11 is 0. The van der Waals surface area contributed by atoms with E-state index in [1.165, 1.54) is 23.1 Å². The lowest BCUT2D eigenvalue weighted by atomic mass is 10.1. The van der Waals surface area contributed by atoms with Gasteiger partial charge in [-0.2, -0.15) is 0 Å². The van der Waals surface area contributed by atoms with E-state index < -0.39 is 11.9 Å². The van der Waals surface area contributed by atoms with Gasteiger partial charge in [-0.15, -0.1) is 0 Å². The Kier molecular flexibility index (Phi) is 8.31. The third-order valence-electron chi connectivity index (χ3n) is 4.95. The van der Waals surface area contributed by atoms with Gasteiger partial charge in [-0.25, -0.2) is 8.78 Å². The molecular formula is C23H28F2N2O2. The summed E-state index contributed by atoms with van der Waals surface area (Å²) in [5.41, 5.74) is 0.974. The highest BCUT2D eigenvalue weighted by atomic mass is 19.1. The molecule has 0 bridgehead atoms. The van der Waals surface area contributed by atoms with Crippen molar-refractivity contribution in [2.24, 2.45) is 0 Å². The molecule has 0 aliphatic carbocycles. The molecule has 1 N–H and O–H groups in total. The van der Waals surface area contributed by atoms with Crippen molar-refractivity contribution in [3.63, 3.8) is 0 Å². The lowest BCUT2D eigenvalue weighted by molar-refractivity contribution is -0.141. The summed E-state index contributed by atoms with van der Waals surface area (Å²) < 4.78 is 27.3. The number of amides is 2. The van der Waals surface area contributed by atoms with E-state index in [2.05, 4.69) is 5.32 Å². The SMILES string of the molecule is CC[C@H](C)NC(=O)[C@H](CC)N(Cc1ccc(F)cc1)C(=O)Cc1ccccc1F. The highest BCUT2D eigenvalue weighted by Crippen LogP contribution is 2.16. The van der Waals surface area contributed by atoms with E-state index in [4.69, 9.17) is 0 Å². The molecule has 2 aromatic rings. The molecule has 0 unspecified atom stereocenters. The summed E-state index contributed by atoms with van der Waals surface area (Å²) in [5.74, 6) is -1.43. The summed E-state index contributed by atoms with van der Waals surface area (Å²) in [6.45, 7) is 5.83. The number of nitrogens with zero attached hydrogens (tertiary/aromatic N) is 1. The van der Waals surface area contributed by atoms with Gasteiger partial charge in [0.2, 0.25) is 11.8 Å². The minimum atomic E-state index is -0.701. The normalized spacial score (nSPS) is 12.9. The van der Waals surface area contributed by atoms with Crippen molar-refractivity contribution < 1.29 is 18.4 Å². The van der Waals surface area contributed by atoms with E-state index in [1.54, 1.807) is 30.3 Å². The Balaban J connectivity index is 2.29. The van der Waals surface area contributed by atoms with Crippen molar-refractivity contribution in [2.75, 3.05) is 0 Å². The molecule has 0 aromatic heterocycles. The smallest absolute Gasteiger partial charge is 0.243 e. The molecule has 2 rings (SSSR count). The molecular weight excluding hydrogens is 374 g/mol. The summed E-state index contributed by atoms with van der Waals surface area (Å²) in [4.78, 5) is 27.4. The number of carbonyl (C=O) groups excluding carboxylic acids is 2. The van der Waals surface area contributed by atoms with Gasteiger partial charge in [0.15, 0.2) is 0 Å². The molecule has 0 spiro atoms. The fraction of sp³-hybridized carbons (Fsp3) is 0.391. The molecule has 0 aliphatic rings. The summed E-state index contributed by atoms with van der Waals surface area (Å²) in [5, 5.41) is 2.92. The molecule has 2 atom stereocenters. The second-order valence-electron chi connectivity index (χ2n) is 7.16. The number of halogens is 2. The quantitative estimate of drug-likeness (QED) is 0.682. The lowest BCUT2D eigenvalue weighted by Crippen LogP contribution is -2.51. The van der Waals surface area contributed by atoms with Crippen LogP contribution in [0.15, 0.2) is 48.5 Å². The van der Waals surface area contributed by atoms with Crippen molar-refractivity contribution in [1.29, 1.82) is 0 Å². The molecule has 2 amide bonds. The Hall–Kier alpha value is -2.76. The molecule has 0 heterocycles. The Labute approximate surface area is 170 Å². The molecule has 0 fully saturated rings. The van der Waals surface area contributed by atoms with Crippen molar-refractivity contribution in [2.45, 2.75) is 58.7 Å². The van der Waals surface area contributed by atoms with Gasteiger partial charge in [-0.05, 0) is 49.1 Å². The van der Waals surface area contributed by atoms with Gasteiger partial charge < -0.3 is 10.2 Å². The van der Waals surface area contributed by atoms with E-state index in [1.807, 2.05) is 20.8 Å². The van der Waals surface area contributed by atoms with E-state index in [0.717, 1.165) is 6.42 Å². The molecule has 156 valence electrons. The minimum Gasteiger partial charge on any atom is -0.352 e. The van der Waals surface area contributed by atoms with Gasteiger partial charge in [-0.3, -0.25) is 9.59 Å². The molecule has 0 saturated carbocycles. The fourth-order valence-electron chi connectivity index (χ4n) is 3.05. The fourth-order valence-corrected chi connectivity index (χ4v) is 3.05. The maximum absolute atomic E-state index is 14.1. The van der Waals surface area contributed by atoms with Crippen LogP contribution in [-0.4, -0.2) is 28.8 Å². The zero-order valence-electron chi connectivity index (χ0n) is 17.1. The number of carbonyl (C=O) groups is 2. The average molecular weight is 402 g/mol. The van der Waals surface area contributed by atoms with Crippen LogP contribution < -0.4 is 5.32 Å². The zero-order chi connectivity index (χ0) is 21.4. The number of benzene rings is 2. The lowest BCUT2D eigenvalue weighted by Gasteiger charge is -2.31. The van der Waals surface area contributed by atoms with Crippen LogP contribution in [0, 0.1) is 11.6 Å². The first-order chi connectivity index (χ1) is 13.8. The Morgan fingerprint density at radius 1 is 1.00 bits per heavy atom. The van der Waals surface area contributed by atoms with Crippen LogP contribution in [0.4, 0.5) is 8.78 Å². The maximum atomic E-state index is 14.1. The van der Waals surface area contributed by atoms with Crippen LogP contribution in [0.2, 0.25) is 0 Å². The Morgan fingerprint density at radius 3 is 2.24 bits per heavy atom. The van der Waals surface area contributed by atoms with Crippen molar-refractivity contribution in [3.8, 4) is 0 Å². The number of rotatable bonds is 9. The molecule has 0 saturated heterocycles. The Morgan fingerprint density at radius 2 is 1.66 bits per heavy atom. The van der Waals surface area contributed by atoms with Gasteiger partial charge in [0.05, 0.1) is 6.42 Å². The maximum Gasteiger partial charge on any atom is 0.243 e. The van der Waals surface area contributed by atoms with E-state index in [9.17, 15) is 18.4 Å². The molecule has 2 aromatic carbocycles. The van der Waals surface area contributed by atoms with E-state index >= 15 is 0 Å². The van der Waals surface area contributed by atoms with Crippen LogP contribution in [0.3, 0.4) is 0 Å². The first kappa shape index (κ1) is 22.5. The van der Waals surface area contributed by atoms with Gasteiger partial charge >= 0.3 is 0 Å². The largest absolute Gasteiger partial charge is 0.352 e. The summed E-state index contributed by atoms with van der Waals surface area (Å²) in [7, 11) is 0. The standard InChI is InChI=1S/C23H28F2N2O2/c1-4-16(3)26-23(29)21(5-2)27(15-17-10-12-19(24)13-11-17)22(28)14-18-8-6-7-9-20(18)25/h6-13,16,21H,4-5,14-15H2,1-3H3,(H,26,29)/t16-,21-/m0/s1. The average Bonchev–Trinajstić information content (AvgIpc) is 2.70. The van der Waals surface area contributed by atoms with E-state index in [-0.39, 0.29) is 42.2 Å². The van der Waals surface area contributed by atoms with Gasteiger partial charge in [-0.1, -0.05) is 44.2 Å². The topological polar surface area (TPSA) is 49.4 Å². The molecule has 4 nitrogen and oxygen atoms in total. The summed E-state index contributed by atoms with van der Waals surface area (Å²) in [6.07, 6.45) is 1.02. The predicted molar refractivity (Wildman–Crippen MR) is 109 cm³/mol. The number of nitrogens with one attached hydrogen (secondary N) is 1. The third kappa shape index (κ3) is 6.38. The predicted octanol–water partition coefficient (Wildman–Crippen LogP) is 4.23. The minimum absolute atomic E-state index is 0.0223. The first-order valence-electron chi connectivity index (χ1n) is 9.93. The zero-order valence-corrected chi connectivity index (χ0v) is 17.1. The van der Waals surface area contributed by atoms with Crippen LogP contribution in [0.5, 0.6) is 0 Å². The van der Waals surface area contributed by atoms with Crippen LogP contribution >= 0.6 is 0 Å². The molecule has 0 aliphatic heterocycles. The van der Waals surface area contributed by atoms with Gasteiger partial charge in [0.25, 0.3) is 0 Å². The Bertz CT molecular complexity index is 824. The van der Waals surface area contributed by atoms with Crippen LogP contribution in [-0.2, 0) is 22.6 Å². The van der Waals surface area contributed by atoms with Crippen molar-refractivity contribution in [1.82, 2.24) is 10.2 Å². The van der Waals surface area contributed by atoms with E-state index in [0.29, 0.717) is 12.0 Å². The highest BCUT2D eigenvalue weighted by molar-refractivity contribution is 5.88. The summed E-state index contributed by atoms with van der Waals surface area (Å²) in [6, 6.07) is 11.2. The second kappa shape index (κ2) is 10.7. The van der Waals surface area contributed by atoms with Crippen molar-refractivity contribution >= 4 is 11.8 Å². The monoisotopic (exact) mass is 402 g/mol. The first-order valence-corrected chi connectivity index (χ1v) is 9.93. The van der Waals surface area contributed by atoms with Crippen molar-refractivity contribution in [3.05, 3.63) is 71.3 Å². The second-order valence-corrected chi connectivity index (χ2v) is 7.16. The molecule has 6 heteroatoms. The van der Waals surface area contributed by atoms with Gasteiger partial charge in [0, 0.05) is 12.6 Å². The number of hydrogen-bond donors (Lipinski definition) is 1. The number of hydrogen-bond acceptors (Lipinski definition) is 2.